The molecule has 6 heteroatoms. The minimum atomic E-state index is -0.357. The Kier molecular flexibility index (Phi) is 3.59. The molecule has 0 atom stereocenters. The lowest BCUT2D eigenvalue weighted by atomic mass is 9.97. The first-order valence-corrected chi connectivity index (χ1v) is 6.29. The van der Waals surface area contributed by atoms with Gasteiger partial charge in [-0.25, -0.2) is 9.18 Å². The molecule has 0 spiro atoms. The minimum absolute atomic E-state index is 0.206. The van der Waals surface area contributed by atoms with Crippen LogP contribution in [0.5, 0.6) is 0 Å². The maximum Gasteiger partial charge on any atom is 0.322 e. The molecule has 4 nitrogen and oxygen atoms in total. The van der Waals surface area contributed by atoms with E-state index in [1.54, 1.807) is 12.0 Å². The number of amides is 2. The molecule has 0 bridgehead atoms. The van der Waals surface area contributed by atoms with E-state index in [0.717, 1.165) is 0 Å². The van der Waals surface area contributed by atoms with E-state index in [2.05, 4.69) is 21.2 Å². The van der Waals surface area contributed by atoms with Gasteiger partial charge in [0.05, 0.1) is 17.6 Å². The molecule has 18 heavy (non-hydrogen) atoms. The van der Waals surface area contributed by atoms with Crippen molar-refractivity contribution in [2.45, 2.75) is 12.5 Å². The first kappa shape index (κ1) is 13.3. The predicted octanol–water partition coefficient (Wildman–Crippen LogP) is 2.84. The maximum atomic E-state index is 13.0. The van der Waals surface area contributed by atoms with Gasteiger partial charge in [0.1, 0.15) is 11.4 Å². The van der Waals surface area contributed by atoms with Crippen LogP contribution in [0, 0.1) is 5.82 Å². The summed E-state index contributed by atoms with van der Waals surface area (Å²) in [6.07, 6.45) is 0. The van der Waals surface area contributed by atoms with Crippen molar-refractivity contribution in [3.05, 3.63) is 28.5 Å². The summed E-state index contributed by atoms with van der Waals surface area (Å²) in [7, 11) is 1.63. The Morgan fingerprint density at radius 3 is 2.78 bits per heavy atom. The number of carbonyl (C=O) groups excluding carboxylic acids is 1. The highest BCUT2D eigenvalue weighted by molar-refractivity contribution is 9.10. The molecule has 1 aromatic rings. The number of ether oxygens (including phenoxy) is 1. The number of urea groups is 1. The van der Waals surface area contributed by atoms with Crippen molar-refractivity contribution in [1.29, 1.82) is 0 Å². The van der Waals surface area contributed by atoms with Crippen molar-refractivity contribution in [1.82, 2.24) is 4.90 Å². The first-order chi connectivity index (χ1) is 8.43. The van der Waals surface area contributed by atoms with Gasteiger partial charge in [0.2, 0.25) is 0 Å². The Bertz CT molecular complexity index is 475. The summed E-state index contributed by atoms with van der Waals surface area (Å²) in [5, 5.41) is 2.71. The molecule has 2 amide bonds. The van der Waals surface area contributed by atoms with E-state index in [4.69, 9.17) is 4.74 Å². The Hall–Kier alpha value is -1.14. The van der Waals surface area contributed by atoms with Crippen LogP contribution in [0.4, 0.5) is 14.9 Å². The van der Waals surface area contributed by atoms with Crippen LogP contribution in [-0.2, 0) is 4.74 Å². The molecule has 2 rings (SSSR count). The van der Waals surface area contributed by atoms with Crippen LogP contribution in [0.25, 0.3) is 0 Å². The third kappa shape index (κ3) is 2.64. The number of hydrogen-bond acceptors (Lipinski definition) is 2. The van der Waals surface area contributed by atoms with E-state index >= 15 is 0 Å². The summed E-state index contributed by atoms with van der Waals surface area (Å²) >= 11 is 3.07. The highest BCUT2D eigenvalue weighted by Gasteiger charge is 2.41. The fourth-order valence-electron chi connectivity index (χ4n) is 1.81. The second-order valence-corrected chi connectivity index (χ2v) is 5.42. The second-order valence-electron chi connectivity index (χ2n) is 4.57. The van der Waals surface area contributed by atoms with Crippen LogP contribution in [0.3, 0.4) is 0 Å². The van der Waals surface area contributed by atoms with Gasteiger partial charge in [-0.3, -0.25) is 0 Å². The van der Waals surface area contributed by atoms with Gasteiger partial charge in [-0.1, -0.05) is 0 Å². The summed E-state index contributed by atoms with van der Waals surface area (Å²) in [5.41, 5.74) is 0.306. The Morgan fingerprint density at radius 2 is 2.22 bits per heavy atom. The normalized spacial score (nSPS) is 17.2. The van der Waals surface area contributed by atoms with Gasteiger partial charge in [0.15, 0.2) is 0 Å². The van der Waals surface area contributed by atoms with Crippen molar-refractivity contribution in [2.24, 2.45) is 0 Å². The molecule has 1 fully saturated rings. The molecular weight excluding hydrogens is 303 g/mol. The number of benzene rings is 1. The Morgan fingerprint density at radius 1 is 1.56 bits per heavy atom. The zero-order valence-corrected chi connectivity index (χ0v) is 11.8. The molecular formula is C12H14BrFN2O2. The van der Waals surface area contributed by atoms with Crippen molar-refractivity contribution in [3.8, 4) is 0 Å². The van der Waals surface area contributed by atoms with E-state index in [0.29, 0.717) is 23.2 Å². The summed E-state index contributed by atoms with van der Waals surface area (Å²) < 4.78 is 18.6. The SMILES string of the molecule is COC1(C)CN(C(=O)Nc2ccc(F)c(Br)c2)C1. The van der Waals surface area contributed by atoms with Crippen LogP contribution in [0.15, 0.2) is 22.7 Å². The highest BCUT2D eigenvalue weighted by Crippen LogP contribution is 2.25. The molecule has 1 aliphatic heterocycles. The fraction of sp³-hybridized carbons (Fsp3) is 0.417. The fourth-order valence-corrected chi connectivity index (χ4v) is 2.19. The molecule has 0 unspecified atom stereocenters. The molecule has 1 aromatic carbocycles. The summed E-state index contributed by atoms with van der Waals surface area (Å²) in [6.45, 7) is 3.06. The standard InChI is InChI=1S/C12H14BrFN2O2/c1-12(18-2)6-16(7-12)11(17)15-8-3-4-10(14)9(13)5-8/h3-5H,6-7H2,1-2H3,(H,15,17). The Balaban J connectivity index is 1.94. The molecule has 0 aliphatic carbocycles. The van der Waals surface area contributed by atoms with E-state index in [-0.39, 0.29) is 17.4 Å². The summed E-state index contributed by atoms with van der Waals surface area (Å²) in [4.78, 5) is 13.5. The number of hydrogen-bond donors (Lipinski definition) is 1. The minimum Gasteiger partial charge on any atom is -0.375 e. The monoisotopic (exact) mass is 316 g/mol. The number of anilines is 1. The van der Waals surface area contributed by atoms with Crippen molar-refractivity contribution < 1.29 is 13.9 Å². The average molecular weight is 317 g/mol. The molecule has 1 aliphatic rings. The van der Waals surface area contributed by atoms with Crippen LogP contribution >= 0.6 is 15.9 Å². The topological polar surface area (TPSA) is 41.6 Å². The lowest BCUT2D eigenvalue weighted by Gasteiger charge is -2.46. The number of rotatable bonds is 2. The highest BCUT2D eigenvalue weighted by atomic mass is 79.9. The van der Waals surface area contributed by atoms with Gasteiger partial charge < -0.3 is 15.0 Å². The van der Waals surface area contributed by atoms with E-state index in [1.165, 1.54) is 18.2 Å². The van der Waals surface area contributed by atoms with Gasteiger partial charge in [-0.2, -0.15) is 0 Å². The summed E-state index contributed by atoms with van der Waals surface area (Å²) in [5.74, 6) is -0.357. The van der Waals surface area contributed by atoms with Crippen molar-refractivity contribution >= 4 is 27.6 Å². The number of nitrogens with one attached hydrogen (secondary N) is 1. The molecule has 1 heterocycles. The number of carbonyl (C=O) groups is 1. The lowest BCUT2D eigenvalue weighted by Crippen LogP contribution is -2.63. The zero-order chi connectivity index (χ0) is 13.3. The van der Waals surface area contributed by atoms with E-state index in [1.807, 2.05) is 6.92 Å². The third-order valence-corrected chi connectivity index (χ3v) is 3.61. The third-order valence-electron chi connectivity index (χ3n) is 3.00. The van der Waals surface area contributed by atoms with Crippen LogP contribution < -0.4 is 5.32 Å². The second kappa shape index (κ2) is 4.85. The van der Waals surface area contributed by atoms with Crippen LogP contribution in [-0.4, -0.2) is 36.7 Å². The lowest BCUT2D eigenvalue weighted by molar-refractivity contribution is -0.0891. The molecule has 0 aromatic heterocycles. The molecule has 1 N–H and O–H groups in total. The van der Waals surface area contributed by atoms with Gasteiger partial charge in [0.25, 0.3) is 0 Å². The molecule has 0 radical (unpaired) electrons. The van der Waals surface area contributed by atoms with Gasteiger partial charge in [-0.15, -0.1) is 0 Å². The van der Waals surface area contributed by atoms with E-state index in [9.17, 15) is 9.18 Å². The average Bonchev–Trinajstić information content (AvgIpc) is 2.29. The number of halogens is 2. The molecule has 98 valence electrons. The number of methoxy groups -OCH3 is 1. The maximum absolute atomic E-state index is 13.0. The van der Waals surface area contributed by atoms with Gasteiger partial charge in [0, 0.05) is 12.8 Å². The van der Waals surface area contributed by atoms with E-state index < -0.39 is 0 Å². The largest absolute Gasteiger partial charge is 0.375 e. The number of nitrogens with zero attached hydrogens (tertiary/aromatic N) is 1. The Labute approximate surface area is 113 Å². The smallest absolute Gasteiger partial charge is 0.322 e. The number of likely N-dealkylation sites (tertiary alicyclic amines) is 1. The van der Waals surface area contributed by atoms with Gasteiger partial charge in [-0.05, 0) is 41.1 Å². The van der Waals surface area contributed by atoms with Crippen molar-refractivity contribution in [2.75, 3.05) is 25.5 Å². The van der Waals surface area contributed by atoms with Crippen LogP contribution in [0.2, 0.25) is 0 Å². The zero-order valence-electron chi connectivity index (χ0n) is 10.2. The van der Waals surface area contributed by atoms with Crippen LogP contribution in [0.1, 0.15) is 6.92 Å². The molecule has 1 saturated heterocycles. The predicted molar refractivity (Wildman–Crippen MR) is 70.1 cm³/mol. The summed E-state index contributed by atoms with van der Waals surface area (Å²) in [6, 6.07) is 4.15. The first-order valence-electron chi connectivity index (χ1n) is 5.50. The van der Waals surface area contributed by atoms with Crippen molar-refractivity contribution in [3.63, 3.8) is 0 Å². The van der Waals surface area contributed by atoms with Gasteiger partial charge >= 0.3 is 6.03 Å². The molecule has 0 saturated carbocycles. The quantitative estimate of drug-likeness (QED) is 0.911.